The number of amides is 1. The summed E-state index contributed by atoms with van der Waals surface area (Å²) in [5, 5.41) is 2.89. The van der Waals surface area contributed by atoms with Crippen LogP contribution in [0.3, 0.4) is 0 Å². The van der Waals surface area contributed by atoms with Gasteiger partial charge in [0.25, 0.3) is 0 Å². The Bertz CT molecular complexity index is 1090. The normalized spacial score (nSPS) is 15.3. The van der Waals surface area contributed by atoms with Gasteiger partial charge in [-0.15, -0.1) is 0 Å². The molecule has 1 fully saturated rings. The van der Waals surface area contributed by atoms with Crippen molar-refractivity contribution in [3.63, 3.8) is 0 Å². The van der Waals surface area contributed by atoms with E-state index in [2.05, 4.69) is 5.32 Å². The van der Waals surface area contributed by atoms with Gasteiger partial charge in [-0.3, -0.25) is 4.79 Å². The maximum Gasteiger partial charge on any atom is 0.330 e. The van der Waals surface area contributed by atoms with Crippen molar-refractivity contribution in [1.29, 1.82) is 0 Å². The van der Waals surface area contributed by atoms with Crippen molar-refractivity contribution in [2.24, 2.45) is 5.92 Å². The van der Waals surface area contributed by atoms with Crippen LogP contribution in [-0.4, -0.2) is 51.4 Å². The third kappa shape index (κ3) is 6.43. The summed E-state index contributed by atoms with van der Waals surface area (Å²) >= 11 is 0. The highest BCUT2D eigenvalue weighted by Crippen LogP contribution is 2.26. The maximum atomic E-state index is 12.9. The van der Waals surface area contributed by atoms with Gasteiger partial charge in [-0.2, -0.15) is 4.31 Å². The highest BCUT2D eigenvalue weighted by Gasteiger charge is 2.32. The molecule has 1 amide bonds. The molecule has 0 atom stereocenters. The molecule has 33 heavy (non-hydrogen) atoms. The fraction of sp³-hybridized carbons (Fsp3) is 0.333. The van der Waals surface area contributed by atoms with Gasteiger partial charge < -0.3 is 14.8 Å². The average molecular weight is 473 g/mol. The molecule has 1 saturated heterocycles. The van der Waals surface area contributed by atoms with E-state index < -0.39 is 16.0 Å². The Morgan fingerprint density at radius 1 is 1.06 bits per heavy atom. The number of nitrogens with one attached hydrogen (secondary N) is 1. The first-order valence-corrected chi connectivity index (χ1v) is 12.2. The second kappa shape index (κ2) is 11.1. The van der Waals surface area contributed by atoms with Crippen molar-refractivity contribution in [2.45, 2.75) is 24.7 Å². The zero-order chi connectivity index (χ0) is 23.8. The Morgan fingerprint density at radius 3 is 2.27 bits per heavy atom. The molecule has 2 aromatic rings. The Kier molecular flexibility index (Phi) is 8.24. The highest BCUT2D eigenvalue weighted by atomic mass is 32.2. The van der Waals surface area contributed by atoms with Crippen molar-refractivity contribution < 1.29 is 27.5 Å². The lowest BCUT2D eigenvalue weighted by molar-refractivity contribution is -0.137. The number of nitrogens with zero attached hydrogens (tertiary/aromatic N) is 1. The molecule has 0 unspecified atom stereocenters. The Labute approximate surface area is 194 Å². The molecule has 1 heterocycles. The second-order valence-electron chi connectivity index (χ2n) is 7.55. The quantitative estimate of drug-likeness (QED) is 0.467. The number of methoxy groups -OCH3 is 1. The molecular formula is C24H28N2O6S. The average Bonchev–Trinajstić information content (AvgIpc) is 2.84. The van der Waals surface area contributed by atoms with E-state index in [0.29, 0.717) is 30.9 Å². The zero-order valence-corrected chi connectivity index (χ0v) is 19.5. The first kappa shape index (κ1) is 24.5. The summed E-state index contributed by atoms with van der Waals surface area (Å²) in [6.07, 6.45) is 3.89. The van der Waals surface area contributed by atoms with Gasteiger partial charge in [0.1, 0.15) is 5.75 Å². The largest absolute Gasteiger partial charge is 0.497 e. The van der Waals surface area contributed by atoms with Crippen molar-refractivity contribution in [3.8, 4) is 5.75 Å². The number of carbonyl (C=O) groups is 2. The molecule has 1 N–H and O–H groups in total. The minimum atomic E-state index is -3.61. The molecule has 0 aliphatic carbocycles. The SMILES string of the molecule is CCOC(=O)/C=C/c1ccc(NC(=O)C2CCN(S(=O)(=O)c3ccc(OC)cc3)CC2)cc1. The van der Waals surface area contributed by atoms with Gasteiger partial charge in [0.05, 0.1) is 18.6 Å². The summed E-state index contributed by atoms with van der Waals surface area (Å²) in [5.41, 5.74) is 1.44. The van der Waals surface area contributed by atoms with E-state index in [0.717, 1.165) is 5.56 Å². The number of ether oxygens (including phenoxy) is 2. The van der Waals surface area contributed by atoms with Crippen LogP contribution in [0.2, 0.25) is 0 Å². The van der Waals surface area contributed by atoms with Gasteiger partial charge >= 0.3 is 5.97 Å². The number of esters is 1. The van der Waals surface area contributed by atoms with Crippen LogP contribution >= 0.6 is 0 Å². The van der Waals surface area contributed by atoms with Crippen LogP contribution in [0.4, 0.5) is 5.69 Å². The van der Waals surface area contributed by atoms with E-state index in [1.807, 2.05) is 0 Å². The highest BCUT2D eigenvalue weighted by molar-refractivity contribution is 7.89. The first-order chi connectivity index (χ1) is 15.8. The summed E-state index contributed by atoms with van der Waals surface area (Å²) in [6, 6.07) is 13.4. The number of rotatable bonds is 8. The molecule has 2 aromatic carbocycles. The van der Waals surface area contributed by atoms with Gasteiger partial charge in [0, 0.05) is 30.8 Å². The van der Waals surface area contributed by atoms with E-state index in [1.54, 1.807) is 49.4 Å². The fourth-order valence-electron chi connectivity index (χ4n) is 3.53. The standard InChI is InChI=1S/C24H28N2O6S/c1-3-32-23(27)13-6-18-4-7-20(8-5-18)25-24(28)19-14-16-26(17-15-19)33(29,30)22-11-9-21(31-2)10-12-22/h4-13,19H,3,14-17H2,1-2H3,(H,25,28)/b13-6+. The van der Waals surface area contributed by atoms with Crippen LogP contribution < -0.4 is 10.1 Å². The number of benzene rings is 2. The molecule has 3 rings (SSSR count). The van der Waals surface area contributed by atoms with E-state index in [9.17, 15) is 18.0 Å². The number of hydrogen-bond donors (Lipinski definition) is 1. The molecule has 176 valence electrons. The van der Waals surface area contributed by atoms with Crippen LogP contribution in [-0.2, 0) is 24.3 Å². The minimum absolute atomic E-state index is 0.133. The summed E-state index contributed by atoms with van der Waals surface area (Å²) in [7, 11) is -2.08. The maximum absolute atomic E-state index is 12.9. The van der Waals surface area contributed by atoms with Crippen molar-refractivity contribution in [3.05, 3.63) is 60.2 Å². The Hall–Kier alpha value is -3.17. The van der Waals surface area contributed by atoms with Crippen LogP contribution in [0, 0.1) is 5.92 Å². The zero-order valence-electron chi connectivity index (χ0n) is 18.7. The molecule has 0 bridgehead atoms. The van der Waals surface area contributed by atoms with Gasteiger partial charge in [-0.05, 0) is 67.8 Å². The van der Waals surface area contributed by atoms with E-state index in [1.165, 1.54) is 29.6 Å². The molecule has 0 saturated carbocycles. The fourth-order valence-corrected chi connectivity index (χ4v) is 5.00. The predicted molar refractivity (Wildman–Crippen MR) is 125 cm³/mol. The summed E-state index contributed by atoms with van der Waals surface area (Å²) in [6.45, 7) is 2.63. The lowest BCUT2D eigenvalue weighted by Gasteiger charge is -2.30. The molecular weight excluding hydrogens is 444 g/mol. The Balaban J connectivity index is 1.53. The van der Waals surface area contributed by atoms with E-state index >= 15 is 0 Å². The minimum Gasteiger partial charge on any atom is -0.497 e. The topological polar surface area (TPSA) is 102 Å². The molecule has 0 aromatic heterocycles. The van der Waals surface area contributed by atoms with E-state index in [-0.39, 0.29) is 29.8 Å². The number of anilines is 1. The van der Waals surface area contributed by atoms with Crippen LogP contribution in [0.15, 0.2) is 59.5 Å². The first-order valence-electron chi connectivity index (χ1n) is 10.7. The van der Waals surface area contributed by atoms with Gasteiger partial charge in [0.15, 0.2) is 0 Å². The second-order valence-corrected chi connectivity index (χ2v) is 9.49. The lowest BCUT2D eigenvalue weighted by Crippen LogP contribution is -2.41. The van der Waals surface area contributed by atoms with Gasteiger partial charge in [-0.1, -0.05) is 12.1 Å². The molecule has 0 spiro atoms. The lowest BCUT2D eigenvalue weighted by atomic mass is 9.97. The van der Waals surface area contributed by atoms with Crippen molar-refractivity contribution in [1.82, 2.24) is 4.31 Å². The number of carbonyl (C=O) groups excluding carboxylic acids is 2. The predicted octanol–water partition coefficient (Wildman–Crippen LogP) is 3.31. The molecule has 8 nitrogen and oxygen atoms in total. The summed E-state index contributed by atoms with van der Waals surface area (Å²) in [4.78, 5) is 24.3. The molecule has 9 heteroatoms. The summed E-state index contributed by atoms with van der Waals surface area (Å²) in [5.74, 6) is -0.218. The van der Waals surface area contributed by atoms with Gasteiger partial charge in [0.2, 0.25) is 15.9 Å². The smallest absolute Gasteiger partial charge is 0.330 e. The van der Waals surface area contributed by atoms with Gasteiger partial charge in [-0.25, -0.2) is 13.2 Å². The monoisotopic (exact) mass is 472 g/mol. The summed E-state index contributed by atoms with van der Waals surface area (Å²) < 4.78 is 37.1. The third-order valence-corrected chi connectivity index (χ3v) is 7.31. The van der Waals surface area contributed by atoms with Crippen LogP contribution in [0.5, 0.6) is 5.75 Å². The number of piperidine rings is 1. The molecule has 1 aliphatic rings. The number of hydrogen-bond acceptors (Lipinski definition) is 6. The van der Waals surface area contributed by atoms with Crippen LogP contribution in [0.25, 0.3) is 6.08 Å². The van der Waals surface area contributed by atoms with E-state index in [4.69, 9.17) is 9.47 Å². The molecule has 1 aliphatic heterocycles. The third-order valence-electron chi connectivity index (χ3n) is 5.40. The van der Waals surface area contributed by atoms with Crippen molar-refractivity contribution >= 4 is 33.7 Å². The van der Waals surface area contributed by atoms with Crippen LogP contribution in [0.1, 0.15) is 25.3 Å². The Morgan fingerprint density at radius 2 is 1.70 bits per heavy atom. The molecule has 0 radical (unpaired) electrons. The number of sulfonamides is 1. The van der Waals surface area contributed by atoms with Crippen molar-refractivity contribution in [2.75, 3.05) is 32.1 Å².